The smallest absolute Gasteiger partial charge is 0.305 e. The first kappa shape index (κ1) is 17.0. The second-order valence-corrected chi connectivity index (χ2v) is 5.87. The van der Waals surface area contributed by atoms with Gasteiger partial charge in [0.1, 0.15) is 0 Å². The second-order valence-electron chi connectivity index (χ2n) is 4.96. The molecule has 3 N–H and O–H groups in total. The quantitative estimate of drug-likeness (QED) is 0.692. The summed E-state index contributed by atoms with van der Waals surface area (Å²) in [7, 11) is 0. The van der Waals surface area contributed by atoms with Gasteiger partial charge in [-0.3, -0.25) is 9.59 Å². The fourth-order valence-electron chi connectivity index (χ4n) is 1.93. The first-order valence-electron chi connectivity index (χ1n) is 7.13. The predicted molar refractivity (Wildman–Crippen MR) is 92.5 cm³/mol. The van der Waals surface area contributed by atoms with Crippen molar-refractivity contribution in [3.05, 3.63) is 64.1 Å². The third kappa shape index (κ3) is 5.75. The number of rotatable bonds is 7. The maximum atomic E-state index is 11.8. The van der Waals surface area contributed by atoms with Crippen LogP contribution in [0.4, 0.5) is 5.69 Å². The highest BCUT2D eigenvalue weighted by Crippen LogP contribution is 2.15. The van der Waals surface area contributed by atoms with E-state index in [1.165, 1.54) is 0 Å². The summed E-state index contributed by atoms with van der Waals surface area (Å²) in [6.45, 7) is 0.781. The number of aliphatic carboxylic acids is 1. The summed E-state index contributed by atoms with van der Waals surface area (Å²) in [5.41, 5.74) is 2.58. The van der Waals surface area contributed by atoms with Crippen molar-refractivity contribution in [2.75, 3.05) is 11.9 Å². The Hall–Kier alpha value is -2.34. The van der Waals surface area contributed by atoms with Gasteiger partial charge in [-0.05, 0) is 42.0 Å². The van der Waals surface area contributed by atoms with Crippen molar-refractivity contribution in [2.24, 2.45) is 0 Å². The minimum Gasteiger partial charge on any atom is -0.481 e. The number of anilines is 1. The van der Waals surface area contributed by atoms with Gasteiger partial charge in [0, 0.05) is 28.8 Å². The molecular formula is C17H17BrN2O3. The van der Waals surface area contributed by atoms with Crippen molar-refractivity contribution in [3.63, 3.8) is 0 Å². The molecule has 2 rings (SSSR count). The summed E-state index contributed by atoms with van der Waals surface area (Å²) in [6, 6.07) is 15.1. The van der Waals surface area contributed by atoms with Crippen molar-refractivity contribution < 1.29 is 14.7 Å². The predicted octanol–water partition coefficient (Wildman–Crippen LogP) is 3.27. The highest BCUT2D eigenvalue weighted by atomic mass is 79.9. The number of benzene rings is 2. The van der Waals surface area contributed by atoms with Crippen molar-refractivity contribution >= 4 is 33.5 Å². The molecule has 0 aliphatic rings. The Bertz CT molecular complexity index is 669. The molecule has 0 fully saturated rings. The molecule has 0 bridgehead atoms. The van der Waals surface area contributed by atoms with E-state index in [1.807, 2.05) is 36.4 Å². The first-order valence-corrected chi connectivity index (χ1v) is 7.92. The van der Waals surface area contributed by atoms with Crippen LogP contribution in [-0.2, 0) is 11.3 Å². The minimum absolute atomic E-state index is 0.0824. The molecule has 1 amide bonds. The summed E-state index contributed by atoms with van der Waals surface area (Å²) in [6.07, 6.45) is -0.0824. The van der Waals surface area contributed by atoms with Gasteiger partial charge in [-0.1, -0.05) is 28.1 Å². The molecular weight excluding hydrogens is 360 g/mol. The van der Waals surface area contributed by atoms with Gasteiger partial charge in [-0.25, -0.2) is 0 Å². The zero-order valence-electron chi connectivity index (χ0n) is 12.4. The lowest BCUT2D eigenvalue weighted by Crippen LogP contribution is -2.25. The van der Waals surface area contributed by atoms with Crippen molar-refractivity contribution in [1.82, 2.24) is 5.32 Å². The summed E-state index contributed by atoms with van der Waals surface area (Å²) in [4.78, 5) is 22.2. The van der Waals surface area contributed by atoms with Crippen LogP contribution < -0.4 is 10.6 Å². The molecule has 6 heteroatoms. The van der Waals surface area contributed by atoms with Crippen molar-refractivity contribution in [1.29, 1.82) is 0 Å². The molecule has 2 aromatic rings. The number of amides is 1. The molecule has 0 aliphatic carbocycles. The Labute approximate surface area is 142 Å². The number of nitrogens with one attached hydrogen (secondary N) is 2. The number of hydrogen-bond donors (Lipinski definition) is 3. The normalized spacial score (nSPS) is 10.1. The number of carbonyl (C=O) groups excluding carboxylic acids is 1. The Morgan fingerprint density at radius 1 is 1.00 bits per heavy atom. The summed E-state index contributed by atoms with van der Waals surface area (Å²) >= 11 is 3.39. The second kappa shape index (κ2) is 8.33. The lowest BCUT2D eigenvalue weighted by Gasteiger charge is -2.08. The van der Waals surface area contributed by atoms with Gasteiger partial charge in [-0.15, -0.1) is 0 Å². The van der Waals surface area contributed by atoms with Crippen LogP contribution in [0.25, 0.3) is 0 Å². The molecule has 0 spiro atoms. The van der Waals surface area contributed by atoms with E-state index in [4.69, 9.17) is 5.11 Å². The zero-order valence-corrected chi connectivity index (χ0v) is 14.0. The first-order chi connectivity index (χ1) is 11.0. The van der Waals surface area contributed by atoms with E-state index in [0.717, 1.165) is 15.7 Å². The van der Waals surface area contributed by atoms with Crippen LogP contribution >= 0.6 is 15.9 Å². The van der Waals surface area contributed by atoms with E-state index in [9.17, 15) is 9.59 Å². The van der Waals surface area contributed by atoms with Crippen LogP contribution in [0.1, 0.15) is 22.3 Å². The summed E-state index contributed by atoms with van der Waals surface area (Å²) in [5.74, 6) is -1.20. The average Bonchev–Trinajstić information content (AvgIpc) is 2.54. The number of halogens is 1. The van der Waals surface area contributed by atoms with E-state index in [0.29, 0.717) is 12.1 Å². The van der Waals surface area contributed by atoms with Crippen LogP contribution in [-0.4, -0.2) is 23.5 Å². The summed E-state index contributed by atoms with van der Waals surface area (Å²) < 4.78 is 1.03. The topological polar surface area (TPSA) is 78.4 Å². The SMILES string of the molecule is O=C(O)CCNC(=O)c1ccc(CNc2ccc(Br)cc2)cc1. The van der Waals surface area contributed by atoms with Gasteiger partial charge in [0.15, 0.2) is 0 Å². The van der Waals surface area contributed by atoms with E-state index >= 15 is 0 Å². The number of hydrogen-bond acceptors (Lipinski definition) is 3. The van der Waals surface area contributed by atoms with Crippen LogP contribution in [0.15, 0.2) is 53.0 Å². The van der Waals surface area contributed by atoms with Gasteiger partial charge in [0.05, 0.1) is 6.42 Å². The lowest BCUT2D eigenvalue weighted by atomic mass is 10.1. The number of carbonyl (C=O) groups is 2. The standard InChI is InChI=1S/C17H17BrN2O3/c18-14-5-7-15(8-6-14)20-11-12-1-3-13(4-2-12)17(23)19-10-9-16(21)22/h1-8,20H,9-11H2,(H,19,23)(H,21,22). The lowest BCUT2D eigenvalue weighted by molar-refractivity contribution is -0.136. The highest BCUT2D eigenvalue weighted by Gasteiger charge is 2.06. The Morgan fingerprint density at radius 2 is 1.65 bits per heavy atom. The summed E-state index contributed by atoms with van der Waals surface area (Å²) in [5, 5.41) is 14.4. The molecule has 0 unspecified atom stereocenters. The van der Waals surface area contributed by atoms with Crippen LogP contribution in [0.3, 0.4) is 0 Å². The third-order valence-corrected chi connectivity index (χ3v) is 3.71. The Morgan fingerprint density at radius 3 is 2.26 bits per heavy atom. The molecule has 0 atom stereocenters. The zero-order chi connectivity index (χ0) is 16.7. The number of carboxylic acids is 1. The van der Waals surface area contributed by atoms with E-state index in [-0.39, 0.29) is 18.9 Å². The van der Waals surface area contributed by atoms with Crippen molar-refractivity contribution in [2.45, 2.75) is 13.0 Å². The molecule has 0 aliphatic heterocycles. The molecule has 2 aromatic carbocycles. The van der Waals surface area contributed by atoms with E-state index in [1.54, 1.807) is 12.1 Å². The van der Waals surface area contributed by atoms with Crippen LogP contribution in [0.2, 0.25) is 0 Å². The molecule has 5 nitrogen and oxygen atoms in total. The minimum atomic E-state index is -0.931. The average molecular weight is 377 g/mol. The highest BCUT2D eigenvalue weighted by molar-refractivity contribution is 9.10. The molecule has 0 saturated carbocycles. The monoisotopic (exact) mass is 376 g/mol. The largest absolute Gasteiger partial charge is 0.481 e. The van der Waals surface area contributed by atoms with E-state index in [2.05, 4.69) is 26.6 Å². The van der Waals surface area contributed by atoms with E-state index < -0.39 is 5.97 Å². The van der Waals surface area contributed by atoms with Gasteiger partial charge in [-0.2, -0.15) is 0 Å². The fourth-order valence-corrected chi connectivity index (χ4v) is 2.20. The molecule has 0 aromatic heterocycles. The molecule has 120 valence electrons. The molecule has 0 radical (unpaired) electrons. The molecule has 0 saturated heterocycles. The molecule has 0 heterocycles. The maximum absolute atomic E-state index is 11.8. The Kier molecular flexibility index (Phi) is 6.17. The fraction of sp³-hybridized carbons (Fsp3) is 0.176. The van der Waals surface area contributed by atoms with Gasteiger partial charge < -0.3 is 15.7 Å². The van der Waals surface area contributed by atoms with Gasteiger partial charge in [0.25, 0.3) is 5.91 Å². The number of carboxylic acid groups (broad SMARTS) is 1. The Balaban J connectivity index is 1.85. The van der Waals surface area contributed by atoms with Crippen LogP contribution in [0, 0.1) is 0 Å². The van der Waals surface area contributed by atoms with Gasteiger partial charge in [0.2, 0.25) is 0 Å². The van der Waals surface area contributed by atoms with Gasteiger partial charge >= 0.3 is 5.97 Å². The third-order valence-electron chi connectivity index (χ3n) is 3.18. The van der Waals surface area contributed by atoms with Crippen molar-refractivity contribution in [3.8, 4) is 0 Å². The molecule has 23 heavy (non-hydrogen) atoms. The van der Waals surface area contributed by atoms with Crippen LogP contribution in [0.5, 0.6) is 0 Å². The maximum Gasteiger partial charge on any atom is 0.305 e.